The van der Waals surface area contributed by atoms with Crippen LogP contribution in [0.3, 0.4) is 0 Å². The summed E-state index contributed by atoms with van der Waals surface area (Å²) in [5, 5.41) is 4.91. The fourth-order valence-corrected chi connectivity index (χ4v) is 3.20. The average molecular weight is 271 g/mol. The molecule has 0 radical (unpaired) electrons. The van der Waals surface area contributed by atoms with Crippen LogP contribution in [0.15, 0.2) is 28.7 Å². The maximum absolute atomic E-state index is 6.19. The zero-order valence-electron chi connectivity index (χ0n) is 13.0. The third kappa shape index (κ3) is 2.37. The predicted octanol–water partition coefficient (Wildman–Crippen LogP) is 4.83. The van der Waals surface area contributed by atoms with Crippen molar-refractivity contribution in [1.82, 2.24) is 5.32 Å². The van der Waals surface area contributed by atoms with Crippen molar-refractivity contribution in [2.75, 3.05) is 6.54 Å². The summed E-state index contributed by atoms with van der Waals surface area (Å²) in [6, 6.07) is 8.95. The van der Waals surface area contributed by atoms with Crippen molar-refractivity contribution in [2.45, 2.75) is 46.6 Å². The van der Waals surface area contributed by atoms with Crippen LogP contribution in [0, 0.1) is 18.3 Å². The Morgan fingerprint density at radius 3 is 2.75 bits per heavy atom. The van der Waals surface area contributed by atoms with E-state index >= 15 is 0 Å². The third-order valence-electron chi connectivity index (χ3n) is 4.67. The SMILES string of the molecule is CCCNC(c1cc2cccc(C)c2o1)C1CC1(C)C. The lowest BCUT2D eigenvalue weighted by Crippen LogP contribution is -2.25. The predicted molar refractivity (Wildman–Crippen MR) is 83.9 cm³/mol. The van der Waals surface area contributed by atoms with Gasteiger partial charge in [-0.15, -0.1) is 0 Å². The fraction of sp³-hybridized carbons (Fsp3) is 0.556. The molecule has 1 aliphatic rings. The summed E-state index contributed by atoms with van der Waals surface area (Å²) >= 11 is 0. The lowest BCUT2D eigenvalue weighted by atomic mass is 10.0. The van der Waals surface area contributed by atoms with Crippen molar-refractivity contribution >= 4 is 11.0 Å². The Balaban J connectivity index is 1.94. The molecule has 108 valence electrons. The van der Waals surface area contributed by atoms with Crippen molar-refractivity contribution in [2.24, 2.45) is 11.3 Å². The molecule has 0 spiro atoms. The van der Waals surface area contributed by atoms with Crippen LogP contribution in [0.2, 0.25) is 0 Å². The molecule has 0 amide bonds. The zero-order valence-corrected chi connectivity index (χ0v) is 13.0. The van der Waals surface area contributed by atoms with Crippen LogP contribution in [-0.4, -0.2) is 6.54 Å². The standard InChI is InChI=1S/C18H25NO/c1-5-9-19-16(14-11-18(14,3)4)15-10-13-8-6-7-12(2)17(13)20-15/h6-8,10,14,16,19H,5,9,11H2,1-4H3. The lowest BCUT2D eigenvalue weighted by Gasteiger charge is -2.18. The number of rotatable bonds is 5. The topological polar surface area (TPSA) is 25.2 Å². The third-order valence-corrected chi connectivity index (χ3v) is 4.67. The van der Waals surface area contributed by atoms with Crippen molar-refractivity contribution < 1.29 is 4.42 Å². The molecule has 1 aromatic carbocycles. The van der Waals surface area contributed by atoms with E-state index in [1.165, 1.54) is 17.4 Å². The molecule has 0 bridgehead atoms. The maximum atomic E-state index is 6.19. The molecule has 0 saturated heterocycles. The van der Waals surface area contributed by atoms with E-state index in [2.05, 4.69) is 57.3 Å². The average Bonchev–Trinajstić information content (AvgIpc) is 2.85. The minimum atomic E-state index is 0.358. The van der Waals surface area contributed by atoms with Gasteiger partial charge in [-0.2, -0.15) is 0 Å². The highest BCUT2D eigenvalue weighted by molar-refractivity contribution is 5.81. The lowest BCUT2D eigenvalue weighted by molar-refractivity contribution is 0.359. The number of furan rings is 1. The summed E-state index contributed by atoms with van der Waals surface area (Å²) in [5.41, 5.74) is 2.71. The second kappa shape index (κ2) is 4.92. The molecule has 2 nitrogen and oxygen atoms in total. The highest BCUT2D eigenvalue weighted by Crippen LogP contribution is 2.58. The number of benzene rings is 1. The van der Waals surface area contributed by atoms with Crippen LogP contribution in [0.25, 0.3) is 11.0 Å². The van der Waals surface area contributed by atoms with Crippen LogP contribution in [-0.2, 0) is 0 Å². The van der Waals surface area contributed by atoms with Crippen LogP contribution < -0.4 is 5.32 Å². The quantitative estimate of drug-likeness (QED) is 0.842. The molecule has 1 aromatic heterocycles. The van der Waals surface area contributed by atoms with Gasteiger partial charge in [0.1, 0.15) is 11.3 Å². The summed E-state index contributed by atoms with van der Waals surface area (Å²) in [7, 11) is 0. The van der Waals surface area contributed by atoms with Crippen LogP contribution in [0.4, 0.5) is 0 Å². The van der Waals surface area contributed by atoms with Gasteiger partial charge in [0.05, 0.1) is 6.04 Å². The molecule has 2 aromatic rings. The molecule has 1 heterocycles. The van der Waals surface area contributed by atoms with Gasteiger partial charge < -0.3 is 9.73 Å². The normalized spacial score (nSPS) is 22.1. The monoisotopic (exact) mass is 271 g/mol. The maximum Gasteiger partial charge on any atom is 0.137 e. The molecular weight excluding hydrogens is 246 g/mol. The first-order chi connectivity index (χ1) is 9.53. The second-order valence-electron chi connectivity index (χ2n) is 6.87. The van der Waals surface area contributed by atoms with E-state index < -0.39 is 0 Å². The molecule has 20 heavy (non-hydrogen) atoms. The van der Waals surface area contributed by atoms with E-state index in [0.717, 1.165) is 24.3 Å². The number of aryl methyl sites for hydroxylation is 1. The molecule has 3 rings (SSSR count). The van der Waals surface area contributed by atoms with Gasteiger partial charge in [-0.1, -0.05) is 39.0 Å². The van der Waals surface area contributed by atoms with Gasteiger partial charge in [-0.05, 0) is 49.3 Å². The number of fused-ring (bicyclic) bond motifs is 1. The largest absolute Gasteiger partial charge is 0.459 e. The Morgan fingerprint density at radius 2 is 2.15 bits per heavy atom. The van der Waals surface area contributed by atoms with E-state index in [-0.39, 0.29) is 0 Å². The summed E-state index contributed by atoms with van der Waals surface area (Å²) < 4.78 is 6.19. The molecule has 2 atom stereocenters. The summed E-state index contributed by atoms with van der Waals surface area (Å²) in [4.78, 5) is 0. The van der Waals surface area contributed by atoms with Gasteiger partial charge in [0.25, 0.3) is 0 Å². The van der Waals surface area contributed by atoms with Crippen LogP contribution >= 0.6 is 0 Å². The van der Waals surface area contributed by atoms with Crippen LogP contribution in [0.1, 0.15) is 51.0 Å². The van der Waals surface area contributed by atoms with Crippen molar-refractivity contribution in [3.8, 4) is 0 Å². The summed E-state index contributed by atoms with van der Waals surface area (Å²) in [6.45, 7) is 10.1. The first kappa shape index (κ1) is 13.7. The van der Waals surface area contributed by atoms with Gasteiger partial charge >= 0.3 is 0 Å². The number of nitrogens with one attached hydrogen (secondary N) is 1. The number of para-hydroxylation sites is 1. The Labute approximate surface area is 121 Å². The number of hydrogen-bond donors (Lipinski definition) is 1. The molecule has 0 aliphatic heterocycles. The van der Waals surface area contributed by atoms with E-state index in [0.29, 0.717) is 17.4 Å². The van der Waals surface area contributed by atoms with Crippen LogP contribution in [0.5, 0.6) is 0 Å². The van der Waals surface area contributed by atoms with Gasteiger partial charge in [-0.25, -0.2) is 0 Å². The van der Waals surface area contributed by atoms with Gasteiger partial charge in [0.15, 0.2) is 0 Å². The van der Waals surface area contributed by atoms with E-state index in [1.54, 1.807) is 0 Å². The minimum Gasteiger partial charge on any atom is -0.459 e. The highest BCUT2D eigenvalue weighted by Gasteiger charge is 2.51. The van der Waals surface area contributed by atoms with Crippen molar-refractivity contribution in [3.05, 3.63) is 35.6 Å². The number of hydrogen-bond acceptors (Lipinski definition) is 2. The molecule has 2 heteroatoms. The molecule has 1 N–H and O–H groups in total. The zero-order chi connectivity index (χ0) is 14.3. The van der Waals surface area contributed by atoms with Gasteiger partial charge in [0, 0.05) is 5.39 Å². The fourth-order valence-electron chi connectivity index (χ4n) is 3.20. The Bertz CT molecular complexity index is 611. The molecule has 2 unspecified atom stereocenters. The van der Waals surface area contributed by atoms with Crippen molar-refractivity contribution in [3.63, 3.8) is 0 Å². The highest BCUT2D eigenvalue weighted by atomic mass is 16.3. The van der Waals surface area contributed by atoms with E-state index in [9.17, 15) is 0 Å². The van der Waals surface area contributed by atoms with E-state index in [4.69, 9.17) is 4.42 Å². The first-order valence-electron chi connectivity index (χ1n) is 7.75. The Morgan fingerprint density at radius 1 is 1.40 bits per heavy atom. The Hall–Kier alpha value is -1.28. The molecular formula is C18H25NO. The summed E-state index contributed by atoms with van der Waals surface area (Å²) in [5.74, 6) is 1.80. The van der Waals surface area contributed by atoms with Crippen molar-refractivity contribution in [1.29, 1.82) is 0 Å². The smallest absolute Gasteiger partial charge is 0.137 e. The summed E-state index contributed by atoms with van der Waals surface area (Å²) in [6.07, 6.45) is 2.44. The molecule has 1 fully saturated rings. The van der Waals surface area contributed by atoms with Gasteiger partial charge in [0.2, 0.25) is 0 Å². The minimum absolute atomic E-state index is 0.358. The Kier molecular flexibility index (Phi) is 3.37. The second-order valence-corrected chi connectivity index (χ2v) is 6.87. The first-order valence-corrected chi connectivity index (χ1v) is 7.75. The molecule has 1 saturated carbocycles. The van der Waals surface area contributed by atoms with Gasteiger partial charge in [-0.3, -0.25) is 0 Å². The molecule has 1 aliphatic carbocycles. The van der Waals surface area contributed by atoms with E-state index in [1.807, 2.05) is 0 Å².